The molecule has 0 rings (SSSR count). The highest BCUT2D eigenvalue weighted by Crippen LogP contribution is 2.15. The lowest BCUT2D eigenvalue weighted by Crippen LogP contribution is -3.00. The summed E-state index contributed by atoms with van der Waals surface area (Å²) in [6, 6.07) is 0. The summed E-state index contributed by atoms with van der Waals surface area (Å²) >= 11 is 0. The number of carbonyl (C=O) groups is 2. The number of halogens is 2. The number of hydrogen-bond acceptors (Lipinski definition) is 8. The van der Waals surface area contributed by atoms with Gasteiger partial charge in [-0.2, -0.15) is 0 Å². The van der Waals surface area contributed by atoms with E-state index in [4.69, 9.17) is 9.47 Å². The first kappa shape index (κ1) is 49.7. The zero-order valence-electron chi connectivity index (χ0n) is 29.3. The van der Waals surface area contributed by atoms with Crippen molar-refractivity contribution < 1.29 is 73.3 Å². The largest absolute Gasteiger partial charge is 1.00 e. The molecule has 0 aromatic carbocycles. The number of hydrogen-bond donors (Lipinski definition) is 4. The van der Waals surface area contributed by atoms with Crippen LogP contribution in [0.15, 0.2) is 0 Å². The summed E-state index contributed by atoms with van der Waals surface area (Å²) < 4.78 is 11.8. The molecule has 0 radical (unpaired) electrons. The molecule has 0 aliphatic carbocycles. The molecule has 0 unspecified atom stereocenters. The zero-order valence-corrected chi connectivity index (χ0v) is 30.8. The van der Waals surface area contributed by atoms with Gasteiger partial charge in [-0.15, -0.1) is 0 Å². The van der Waals surface area contributed by atoms with Crippen LogP contribution < -0.4 is 24.8 Å². The molecule has 0 aliphatic heterocycles. The SMILES string of the molecule is CCCCCCCCCC(=O)OCC[N+](CCO)(CCO)CC[N+](CCO)(CCO)CCOC(=O)CCCCCCCCC.[Cl-].[Cl-]. The van der Waals surface area contributed by atoms with Gasteiger partial charge in [0.1, 0.15) is 65.6 Å². The Morgan fingerprint density at radius 2 is 0.717 bits per heavy atom. The second-order valence-corrected chi connectivity index (χ2v) is 12.6. The second kappa shape index (κ2) is 34.2. The topological polar surface area (TPSA) is 134 Å². The van der Waals surface area contributed by atoms with Gasteiger partial charge in [0.2, 0.25) is 0 Å². The third-order valence-corrected chi connectivity index (χ3v) is 8.97. The molecule has 4 N–H and O–H groups in total. The number of aliphatic hydroxyl groups is 4. The van der Waals surface area contributed by atoms with E-state index in [1.54, 1.807) is 0 Å². The summed E-state index contributed by atoms with van der Waals surface area (Å²) in [6.45, 7) is 8.03. The predicted octanol–water partition coefficient (Wildman–Crippen LogP) is -2.03. The quantitative estimate of drug-likeness (QED) is 0.0349. The lowest BCUT2D eigenvalue weighted by Gasteiger charge is -2.43. The first-order valence-corrected chi connectivity index (χ1v) is 17.8. The fourth-order valence-corrected chi connectivity index (χ4v) is 5.92. The summed E-state index contributed by atoms with van der Waals surface area (Å²) in [7, 11) is 0. The van der Waals surface area contributed by atoms with Crippen LogP contribution >= 0.6 is 0 Å². The lowest BCUT2D eigenvalue weighted by atomic mass is 10.1. The fourth-order valence-electron chi connectivity index (χ4n) is 5.92. The molecule has 0 aliphatic rings. The molecular weight excluding hydrogens is 635 g/mol. The molecule has 0 aromatic rings. The van der Waals surface area contributed by atoms with Gasteiger partial charge in [0.05, 0.1) is 26.4 Å². The van der Waals surface area contributed by atoms with Crippen molar-refractivity contribution in [3.63, 3.8) is 0 Å². The average molecular weight is 706 g/mol. The van der Waals surface area contributed by atoms with Crippen LogP contribution in [-0.4, -0.2) is 133 Å². The number of ether oxygens (including phenoxy) is 2. The minimum absolute atomic E-state index is 0. The van der Waals surface area contributed by atoms with Gasteiger partial charge < -0.3 is 63.7 Å². The first-order chi connectivity index (χ1) is 21.4. The van der Waals surface area contributed by atoms with Crippen molar-refractivity contribution in [3.05, 3.63) is 0 Å². The number of rotatable bonds is 33. The van der Waals surface area contributed by atoms with Crippen molar-refractivity contribution in [1.29, 1.82) is 0 Å². The predicted molar refractivity (Wildman–Crippen MR) is 175 cm³/mol. The van der Waals surface area contributed by atoms with E-state index in [1.807, 2.05) is 0 Å². The van der Waals surface area contributed by atoms with E-state index in [-0.39, 0.29) is 76.4 Å². The van der Waals surface area contributed by atoms with Crippen LogP contribution in [0.1, 0.15) is 117 Å². The van der Waals surface area contributed by atoms with E-state index in [9.17, 15) is 30.0 Å². The van der Waals surface area contributed by atoms with Crippen molar-refractivity contribution in [1.82, 2.24) is 0 Å². The third-order valence-electron chi connectivity index (χ3n) is 8.97. The highest BCUT2D eigenvalue weighted by atomic mass is 35.5. The van der Waals surface area contributed by atoms with Crippen LogP contribution in [0, 0.1) is 0 Å². The Labute approximate surface area is 293 Å². The second-order valence-electron chi connectivity index (χ2n) is 12.6. The third kappa shape index (κ3) is 26.3. The van der Waals surface area contributed by atoms with Gasteiger partial charge in [0, 0.05) is 12.8 Å². The van der Waals surface area contributed by atoms with Crippen LogP contribution in [0.2, 0.25) is 0 Å². The van der Waals surface area contributed by atoms with Crippen LogP contribution in [0.4, 0.5) is 0 Å². The molecule has 0 heterocycles. The zero-order chi connectivity index (χ0) is 32.8. The van der Waals surface area contributed by atoms with Crippen LogP contribution in [0.3, 0.4) is 0 Å². The fraction of sp³-hybridized carbons (Fsp3) is 0.941. The Morgan fingerprint density at radius 1 is 0.435 bits per heavy atom. The van der Waals surface area contributed by atoms with E-state index in [1.165, 1.54) is 51.4 Å². The van der Waals surface area contributed by atoms with E-state index < -0.39 is 0 Å². The maximum absolute atomic E-state index is 12.3. The monoisotopic (exact) mass is 704 g/mol. The standard InChI is InChI=1S/C34H70N2O8.2ClH/c1-3-5-7-9-11-13-15-17-33(41)43-31-25-35(21-27-37,22-28-38)19-20-36(23-29-39,24-30-40)26-32-44-34(42)18-16-14-12-10-8-6-4-2;;/h37-40H,3-32H2,1-2H3;2*1H/q+2;;/p-2. The van der Waals surface area contributed by atoms with Gasteiger partial charge in [0.15, 0.2) is 0 Å². The maximum Gasteiger partial charge on any atom is 0.305 e. The van der Waals surface area contributed by atoms with Gasteiger partial charge in [-0.05, 0) is 12.8 Å². The molecule has 0 saturated heterocycles. The Morgan fingerprint density at radius 3 is 1.00 bits per heavy atom. The van der Waals surface area contributed by atoms with Crippen molar-refractivity contribution in [2.24, 2.45) is 0 Å². The molecular formula is C34H70Cl2N2O8. The average Bonchev–Trinajstić information content (AvgIpc) is 3.00. The Hall–Kier alpha value is -0.720. The molecule has 0 spiro atoms. The van der Waals surface area contributed by atoms with E-state index in [2.05, 4.69) is 13.8 Å². The highest BCUT2D eigenvalue weighted by molar-refractivity contribution is 5.69. The summed E-state index contributed by atoms with van der Waals surface area (Å²) in [5.74, 6) is -0.428. The van der Waals surface area contributed by atoms with Crippen molar-refractivity contribution >= 4 is 11.9 Å². The molecule has 46 heavy (non-hydrogen) atoms. The first-order valence-electron chi connectivity index (χ1n) is 17.8. The Balaban J connectivity index is -0.00000924. The lowest BCUT2D eigenvalue weighted by molar-refractivity contribution is -0.981. The summed E-state index contributed by atoms with van der Waals surface area (Å²) in [5, 5.41) is 39.6. The van der Waals surface area contributed by atoms with Crippen LogP contribution in [0.25, 0.3) is 0 Å². The van der Waals surface area contributed by atoms with Crippen molar-refractivity contribution in [2.75, 3.05) is 92.0 Å². The maximum atomic E-state index is 12.3. The summed E-state index contributed by atoms with van der Waals surface area (Å²) in [4.78, 5) is 24.7. The molecule has 0 fully saturated rings. The normalized spacial score (nSPS) is 11.5. The Bertz CT molecular complexity index is 624. The van der Waals surface area contributed by atoms with Gasteiger partial charge >= 0.3 is 11.9 Å². The minimum atomic E-state index is -0.214. The number of nitrogens with zero attached hydrogens (tertiary/aromatic N) is 2. The molecule has 0 saturated carbocycles. The summed E-state index contributed by atoms with van der Waals surface area (Å²) in [5.41, 5.74) is 0. The molecule has 278 valence electrons. The van der Waals surface area contributed by atoms with E-state index in [0.29, 0.717) is 74.2 Å². The Kier molecular flexibility index (Phi) is 36.9. The van der Waals surface area contributed by atoms with Crippen LogP contribution in [0.5, 0.6) is 0 Å². The number of aliphatic hydroxyl groups excluding tert-OH is 4. The number of quaternary nitrogens is 2. The molecule has 0 atom stereocenters. The molecule has 0 amide bonds. The van der Waals surface area contributed by atoms with Crippen LogP contribution in [-0.2, 0) is 19.1 Å². The van der Waals surface area contributed by atoms with Gasteiger partial charge in [0.25, 0.3) is 0 Å². The number of esters is 2. The van der Waals surface area contributed by atoms with Crippen molar-refractivity contribution in [3.8, 4) is 0 Å². The number of carbonyl (C=O) groups excluding carboxylic acids is 2. The highest BCUT2D eigenvalue weighted by Gasteiger charge is 2.34. The van der Waals surface area contributed by atoms with Gasteiger partial charge in [-0.1, -0.05) is 90.9 Å². The number of unbranched alkanes of at least 4 members (excludes halogenated alkanes) is 12. The minimum Gasteiger partial charge on any atom is -1.00 e. The molecule has 0 aromatic heterocycles. The molecule has 12 heteroatoms. The summed E-state index contributed by atoms with van der Waals surface area (Å²) in [6.07, 6.45) is 16.6. The molecule has 10 nitrogen and oxygen atoms in total. The van der Waals surface area contributed by atoms with Gasteiger partial charge in [-0.3, -0.25) is 9.59 Å². The van der Waals surface area contributed by atoms with E-state index in [0.717, 1.165) is 38.5 Å². The molecule has 0 bridgehead atoms. The smallest absolute Gasteiger partial charge is 0.305 e. The van der Waals surface area contributed by atoms with E-state index >= 15 is 0 Å². The van der Waals surface area contributed by atoms with Gasteiger partial charge in [-0.25, -0.2) is 0 Å². The van der Waals surface area contributed by atoms with Crippen molar-refractivity contribution in [2.45, 2.75) is 117 Å².